The van der Waals surface area contributed by atoms with Gasteiger partial charge >= 0.3 is 0 Å². The highest BCUT2D eigenvalue weighted by atomic mass is 16.5. The molecule has 4 nitrogen and oxygen atoms in total. The van der Waals surface area contributed by atoms with Crippen molar-refractivity contribution in [2.75, 3.05) is 39.5 Å². The van der Waals surface area contributed by atoms with Crippen LogP contribution in [-0.2, 0) is 10.3 Å². The molecule has 0 aromatic heterocycles. The minimum Gasteiger partial charge on any atom is -0.494 e. The molecule has 176 valence electrons. The Morgan fingerprint density at radius 2 is 1.72 bits per heavy atom. The van der Waals surface area contributed by atoms with Crippen LogP contribution >= 0.6 is 0 Å². The summed E-state index contributed by atoms with van der Waals surface area (Å²) in [5, 5.41) is 12.3. The summed E-state index contributed by atoms with van der Waals surface area (Å²) >= 11 is 0. The highest BCUT2D eigenvalue weighted by Gasteiger charge is 2.40. The van der Waals surface area contributed by atoms with Crippen molar-refractivity contribution in [3.8, 4) is 5.75 Å². The lowest BCUT2D eigenvalue weighted by Gasteiger charge is -2.41. The van der Waals surface area contributed by atoms with Gasteiger partial charge in [0.2, 0.25) is 0 Å². The molecule has 1 N–H and O–H groups in total. The first-order valence-electron chi connectivity index (χ1n) is 12.3. The topological polar surface area (TPSA) is 41.9 Å². The van der Waals surface area contributed by atoms with E-state index in [2.05, 4.69) is 62.1 Å². The van der Waals surface area contributed by atoms with E-state index >= 15 is 0 Å². The molecule has 0 aliphatic carbocycles. The van der Waals surface area contributed by atoms with Gasteiger partial charge in [0.25, 0.3) is 0 Å². The minimum atomic E-state index is -0.938. The van der Waals surface area contributed by atoms with Crippen LogP contribution < -0.4 is 4.74 Å². The van der Waals surface area contributed by atoms with E-state index in [4.69, 9.17) is 9.47 Å². The number of hydrogen-bond donors (Lipinski definition) is 1. The van der Waals surface area contributed by atoms with Gasteiger partial charge in [0.05, 0.1) is 25.4 Å². The Morgan fingerprint density at radius 3 is 2.34 bits per heavy atom. The van der Waals surface area contributed by atoms with Gasteiger partial charge in [-0.1, -0.05) is 76.1 Å². The highest BCUT2D eigenvalue weighted by Crippen LogP contribution is 2.42. The van der Waals surface area contributed by atoms with Gasteiger partial charge in [-0.2, -0.15) is 0 Å². The second-order valence-electron chi connectivity index (χ2n) is 9.46. The van der Waals surface area contributed by atoms with E-state index in [1.807, 2.05) is 18.2 Å². The first kappa shape index (κ1) is 24.8. The fraction of sp³-hybridized carbons (Fsp3) is 0.571. The molecule has 0 saturated carbocycles. The normalized spacial score (nSPS) is 17.8. The maximum absolute atomic E-state index is 12.3. The summed E-state index contributed by atoms with van der Waals surface area (Å²) in [5.74, 6) is 1.48. The van der Waals surface area contributed by atoms with E-state index in [-0.39, 0.29) is 5.92 Å². The Morgan fingerprint density at radius 1 is 1.03 bits per heavy atom. The lowest BCUT2D eigenvalue weighted by atomic mass is 9.74. The lowest BCUT2D eigenvalue weighted by molar-refractivity contribution is -0.0294. The number of rotatable bonds is 12. The van der Waals surface area contributed by atoms with Gasteiger partial charge in [-0.3, -0.25) is 4.90 Å². The molecule has 2 aromatic carbocycles. The molecule has 0 bridgehead atoms. The number of unbranched alkanes of at least 4 members (excludes halogenated alkanes) is 1. The van der Waals surface area contributed by atoms with Crippen LogP contribution in [0.4, 0.5) is 0 Å². The summed E-state index contributed by atoms with van der Waals surface area (Å²) in [4.78, 5) is 2.43. The number of ether oxygens (including phenoxy) is 2. The molecule has 1 fully saturated rings. The Labute approximate surface area is 194 Å². The van der Waals surface area contributed by atoms with Crippen molar-refractivity contribution in [3.05, 3.63) is 65.7 Å². The number of morpholine rings is 1. The number of benzene rings is 2. The smallest absolute Gasteiger partial charge is 0.119 e. The molecule has 1 heterocycles. The Balaban J connectivity index is 1.88. The molecule has 3 rings (SSSR count). The fourth-order valence-corrected chi connectivity index (χ4v) is 4.48. The Kier molecular flexibility index (Phi) is 9.58. The van der Waals surface area contributed by atoms with Crippen molar-refractivity contribution in [2.24, 2.45) is 5.92 Å². The van der Waals surface area contributed by atoms with Gasteiger partial charge in [-0.25, -0.2) is 0 Å². The first-order valence-corrected chi connectivity index (χ1v) is 12.3. The predicted molar refractivity (Wildman–Crippen MR) is 131 cm³/mol. The van der Waals surface area contributed by atoms with E-state index < -0.39 is 5.60 Å². The van der Waals surface area contributed by atoms with Crippen molar-refractivity contribution in [1.29, 1.82) is 0 Å². The molecule has 1 aliphatic heterocycles. The number of nitrogens with zero attached hydrogens (tertiary/aromatic N) is 1. The molecule has 1 aliphatic rings. The first-order chi connectivity index (χ1) is 15.5. The molecule has 4 heteroatoms. The zero-order chi connectivity index (χ0) is 22.8. The third kappa shape index (κ3) is 6.81. The number of aliphatic hydroxyl groups is 1. The zero-order valence-electron chi connectivity index (χ0n) is 20.1. The monoisotopic (exact) mass is 439 g/mol. The van der Waals surface area contributed by atoms with Gasteiger partial charge in [0, 0.05) is 25.6 Å². The number of hydrogen-bond acceptors (Lipinski definition) is 4. The van der Waals surface area contributed by atoms with Crippen LogP contribution in [0.3, 0.4) is 0 Å². The summed E-state index contributed by atoms with van der Waals surface area (Å²) < 4.78 is 11.5. The molecule has 2 atom stereocenters. The van der Waals surface area contributed by atoms with Gasteiger partial charge in [-0.05, 0) is 42.0 Å². The molecule has 32 heavy (non-hydrogen) atoms. The third-order valence-corrected chi connectivity index (χ3v) is 6.55. The Hall–Kier alpha value is -1.88. The van der Waals surface area contributed by atoms with E-state index in [9.17, 15) is 5.11 Å². The quantitative estimate of drug-likeness (QED) is 0.467. The van der Waals surface area contributed by atoms with Crippen LogP contribution in [0.25, 0.3) is 0 Å². The lowest BCUT2D eigenvalue weighted by Crippen LogP contribution is -2.45. The summed E-state index contributed by atoms with van der Waals surface area (Å²) in [5.41, 5.74) is 1.23. The molecule has 2 aromatic rings. The van der Waals surface area contributed by atoms with Crippen LogP contribution in [0.5, 0.6) is 5.75 Å². The van der Waals surface area contributed by atoms with Gasteiger partial charge in [0.15, 0.2) is 0 Å². The molecule has 0 amide bonds. The maximum Gasteiger partial charge on any atom is 0.119 e. The summed E-state index contributed by atoms with van der Waals surface area (Å²) in [6.07, 6.45) is 3.81. The van der Waals surface area contributed by atoms with Crippen molar-refractivity contribution < 1.29 is 14.6 Å². The maximum atomic E-state index is 12.3. The standard InChI is InChI=1S/C28H41NO3/c1-4-5-16-28(30,25-11-13-26(14-12-25)32-19-15-23(2)3)27(24-9-7-6-8-10-24)22-29-17-20-31-21-18-29/h6-14,23,27,30H,4-5,15-22H2,1-3H3/t27-,28-/m1/s1. The van der Waals surface area contributed by atoms with Crippen LogP contribution in [0.1, 0.15) is 63.5 Å². The fourth-order valence-electron chi connectivity index (χ4n) is 4.48. The molecule has 0 unspecified atom stereocenters. The zero-order valence-corrected chi connectivity index (χ0v) is 20.1. The van der Waals surface area contributed by atoms with Crippen molar-refractivity contribution in [1.82, 2.24) is 4.90 Å². The van der Waals surface area contributed by atoms with Gasteiger partial charge in [-0.15, -0.1) is 0 Å². The molecule has 0 radical (unpaired) electrons. The predicted octanol–water partition coefficient (Wildman–Crippen LogP) is 5.61. The van der Waals surface area contributed by atoms with Crippen LogP contribution in [-0.4, -0.2) is 49.5 Å². The summed E-state index contributed by atoms with van der Waals surface area (Å²) in [6.45, 7) is 11.5. The van der Waals surface area contributed by atoms with E-state index in [0.29, 0.717) is 5.92 Å². The molecular weight excluding hydrogens is 398 g/mol. The van der Waals surface area contributed by atoms with E-state index in [1.165, 1.54) is 5.56 Å². The average molecular weight is 440 g/mol. The molecule has 0 spiro atoms. The van der Waals surface area contributed by atoms with Gasteiger partial charge < -0.3 is 14.6 Å². The van der Waals surface area contributed by atoms with Crippen molar-refractivity contribution in [2.45, 2.75) is 58.0 Å². The van der Waals surface area contributed by atoms with Gasteiger partial charge in [0.1, 0.15) is 5.75 Å². The van der Waals surface area contributed by atoms with E-state index in [1.54, 1.807) is 0 Å². The third-order valence-electron chi connectivity index (χ3n) is 6.55. The average Bonchev–Trinajstić information content (AvgIpc) is 2.82. The van der Waals surface area contributed by atoms with Crippen LogP contribution in [0, 0.1) is 5.92 Å². The summed E-state index contributed by atoms with van der Waals surface area (Å²) in [7, 11) is 0. The minimum absolute atomic E-state index is 0.0129. The molecule has 1 saturated heterocycles. The SMILES string of the molecule is CCCC[C@@](O)(c1ccc(OCCC(C)C)cc1)[C@H](CN1CCOCC1)c1ccccc1. The highest BCUT2D eigenvalue weighted by molar-refractivity contribution is 5.35. The molecular formula is C28H41NO3. The second kappa shape index (κ2) is 12.4. The Bertz CT molecular complexity index is 771. The largest absolute Gasteiger partial charge is 0.494 e. The second-order valence-corrected chi connectivity index (χ2v) is 9.46. The summed E-state index contributed by atoms with van der Waals surface area (Å²) in [6, 6.07) is 18.7. The van der Waals surface area contributed by atoms with Crippen molar-refractivity contribution >= 4 is 0 Å². The van der Waals surface area contributed by atoms with Crippen LogP contribution in [0.15, 0.2) is 54.6 Å². The van der Waals surface area contributed by atoms with E-state index in [0.717, 1.165) is 76.5 Å². The van der Waals surface area contributed by atoms with Crippen LogP contribution in [0.2, 0.25) is 0 Å². The van der Waals surface area contributed by atoms with Crippen molar-refractivity contribution in [3.63, 3.8) is 0 Å².